The molecule has 0 aliphatic heterocycles. The van der Waals surface area contributed by atoms with E-state index in [4.69, 9.17) is 0 Å². The highest BCUT2D eigenvalue weighted by Gasteiger charge is 2.22. The number of hydrogen-bond acceptors (Lipinski definition) is 2. The lowest BCUT2D eigenvalue weighted by Crippen LogP contribution is -2.33. The molecule has 0 aliphatic rings. The molecule has 0 bridgehead atoms. The molecule has 0 saturated heterocycles. The van der Waals surface area contributed by atoms with Gasteiger partial charge in [0, 0.05) is 19.4 Å². The predicted molar refractivity (Wildman–Crippen MR) is 103 cm³/mol. The first-order chi connectivity index (χ1) is 11.5. The van der Waals surface area contributed by atoms with Crippen molar-refractivity contribution in [1.82, 2.24) is 8.28 Å². The molecule has 0 aliphatic carbocycles. The number of nitrogens with zero attached hydrogens (tertiary/aromatic N) is 3. The second-order valence-electron chi connectivity index (χ2n) is 6.50. The molecule has 0 saturated carbocycles. The Balaban J connectivity index is 2.07. The van der Waals surface area contributed by atoms with Crippen LogP contribution in [0.2, 0.25) is 0 Å². The summed E-state index contributed by atoms with van der Waals surface area (Å²) in [6, 6.07) is 0. The zero-order chi connectivity index (χ0) is 17.8. The van der Waals surface area contributed by atoms with Crippen LogP contribution in [0.25, 0.3) is 0 Å². The molecule has 1 heterocycles. The summed E-state index contributed by atoms with van der Waals surface area (Å²) in [5.74, 6) is 0. The van der Waals surface area contributed by atoms with E-state index < -0.39 is 10.2 Å². The van der Waals surface area contributed by atoms with Crippen molar-refractivity contribution in [3.05, 3.63) is 18.7 Å². The van der Waals surface area contributed by atoms with Gasteiger partial charge in [-0.15, -0.1) is 3.97 Å². The molecule has 0 radical (unpaired) electrons. The van der Waals surface area contributed by atoms with Crippen molar-refractivity contribution in [3.8, 4) is 0 Å². The van der Waals surface area contributed by atoms with Crippen LogP contribution < -0.4 is 4.57 Å². The SMILES string of the molecule is CN(C)S(=O)(=O)n1cc[n+](CCCCCCCCCCCCBr)c1. The third kappa shape index (κ3) is 8.12. The van der Waals surface area contributed by atoms with Crippen molar-refractivity contribution in [2.45, 2.75) is 70.8 Å². The summed E-state index contributed by atoms with van der Waals surface area (Å²) in [7, 11) is -0.298. The number of unbranched alkanes of at least 4 members (excludes halogenated alkanes) is 9. The molecular formula is C17H33BrN3O2S+. The summed E-state index contributed by atoms with van der Waals surface area (Å²) in [4.78, 5) is 0. The van der Waals surface area contributed by atoms with Gasteiger partial charge in [0.2, 0.25) is 0 Å². The van der Waals surface area contributed by atoms with Crippen molar-refractivity contribution in [1.29, 1.82) is 0 Å². The average molecular weight is 423 g/mol. The highest BCUT2D eigenvalue weighted by Crippen LogP contribution is 2.11. The van der Waals surface area contributed by atoms with E-state index in [1.54, 1.807) is 26.6 Å². The molecule has 7 heteroatoms. The average Bonchev–Trinajstić information content (AvgIpc) is 3.02. The minimum atomic E-state index is -3.38. The Kier molecular flexibility index (Phi) is 10.9. The van der Waals surface area contributed by atoms with Gasteiger partial charge in [-0.25, -0.2) is 4.57 Å². The van der Waals surface area contributed by atoms with Crippen LogP contribution in [0, 0.1) is 0 Å². The maximum absolute atomic E-state index is 12.0. The zero-order valence-electron chi connectivity index (χ0n) is 15.2. The van der Waals surface area contributed by atoms with Crippen LogP contribution in [0.1, 0.15) is 64.2 Å². The Bertz CT molecular complexity index is 544. The monoisotopic (exact) mass is 422 g/mol. The summed E-state index contributed by atoms with van der Waals surface area (Å²) in [6.07, 6.45) is 18.1. The van der Waals surface area contributed by atoms with Gasteiger partial charge in [0.15, 0.2) is 0 Å². The first kappa shape index (κ1) is 21.6. The molecule has 1 aromatic rings. The molecule has 0 atom stereocenters. The predicted octanol–water partition coefficient (Wildman–Crippen LogP) is 3.73. The van der Waals surface area contributed by atoms with Gasteiger partial charge in [-0.05, 0) is 19.3 Å². The van der Waals surface area contributed by atoms with Crippen LogP contribution in [0.3, 0.4) is 0 Å². The van der Waals surface area contributed by atoms with Crippen LogP contribution in [0.15, 0.2) is 18.7 Å². The number of alkyl halides is 1. The minimum absolute atomic E-state index is 0.877. The number of aromatic nitrogens is 2. The van der Waals surface area contributed by atoms with E-state index in [0.717, 1.165) is 18.3 Å². The zero-order valence-corrected chi connectivity index (χ0v) is 17.6. The Morgan fingerprint density at radius 1 is 0.917 bits per heavy atom. The molecule has 0 unspecified atom stereocenters. The van der Waals surface area contributed by atoms with Gasteiger partial charge in [0.25, 0.3) is 6.33 Å². The summed E-state index contributed by atoms with van der Waals surface area (Å²) in [5.41, 5.74) is 0. The summed E-state index contributed by atoms with van der Waals surface area (Å²) < 4.78 is 28.4. The van der Waals surface area contributed by atoms with E-state index in [-0.39, 0.29) is 0 Å². The smallest absolute Gasteiger partial charge is 0.236 e. The van der Waals surface area contributed by atoms with E-state index >= 15 is 0 Å². The fraction of sp³-hybridized carbons (Fsp3) is 0.824. The van der Waals surface area contributed by atoms with Crippen molar-refractivity contribution in [2.24, 2.45) is 0 Å². The number of hydrogen-bond donors (Lipinski definition) is 0. The molecule has 1 rings (SSSR count). The number of aryl methyl sites for hydroxylation is 1. The maximum Gasteiger partial charge on any atom is 0.379 e. The van der Waals surface area contributed by atoms with E-state index in [1.807, 2.05) is 10.8 Å². The van der Waals surface area contributed by atoms with Gasteiger partial charge in [-0.3, -0.25) is 0 Å². The van der Waals surface area contributed by atoms with Gasteiger partial charge >= 0.3 is 10.2 Å². The van der Waals surface area contributed by atoms with Crippen molar-refractivity contribution < 1.29 is 13.0 Å². The minimum Gasteiger partial charge on any atom is -0.236 e. The van der Waals surface area contributed by atoms with E-state index in [9.17, 15) is 8.42 Å². The fourth-order valence-electron chi connectivity index (χ4n) is 2.63. The lowest BCUT2D eigenvalue weighted by atomic mass is 10.1. The molecule has 140 valence electrons. The topological polar surface area (TPSA) is 46.2 Å². The normalized spacial score (nSPS) is 12.2. The third-order valence-corrected chi connectivity index (χ3v) is 6.43. The number of imidazole rings is 1. The molecule has 0 N–H and O–H groups in total. The van der Waals surface area contributed by atoms with Crippen LogP contribution in [-0.2, 0) is 16.8 Å². The first-order valence-electron chi connectivity index (χ1n) is 9.04. The number of halogens is 1. The van der Waals surface area contributed by atoms with Crippen LogP contribution in [0.5, 0.6) is 0 Å². The Morgan fingerprint density at radius 2 is 1.42 bits per heavy atom. The van der Waals surface area contributed by atoms with Gasteiger partial charge in [0.05, 0.1) is 6.54 Å². The molecule has 24 heavy (non-hydrogen) atoms. The molecule has 0 aromatic carbocycles. The molecule has 0 fully saturated rings. The van der Waals surface area contributed by atoms with E-state index in [0.29, 0.717) is 0 Å². The summed E-state index contributed by atoms with van der Waals surface area (Å²) in [6.45, 7) is 0.877. The largest absolute Gasteiger partial charge is 0.379 e. The molecule has 0 spiro atoms. The summed E-state index contributed by atoms with van der Waals surface area (Å²) >= 11 is 3.47. The van der Waals surface area contributed by atoms with Gasteiger partial charge in [0.1, 0.15) is 12.4 Å². The third-order valence-electron chi connectivity index (χ3n) is 4.19. The highest BCUT2D eigenvalue weighted by atomic mass is 79.9. The van der Waals surface area contributed by atoms with Crippen LogP contribution in [-0.4, -0.2) is 36.1 Å². The molecule has 1 aromatic heterocycles. The lowest BCUT2D eigenvalue weighted by molar-refractivity contribution is -0.696. The fourth-order valence-corrected chi connectivity index (χ4v) is 3.86. The van der Waals surface area contributed by atoms with Gasteiger partial charge in [-0.2, -0.15) is 12.7 Å². The van der Waals surface area contributed by atoms with Crippen molar-refractivity contribution >= 4 is 26.1 Å². The second-order valence-corrected chi connectivity index (χ2v) is 9.34. The Hall–Kier alpha value is -0.400. The quantitative estimate of drug-likeness (QED) is 0.260. The molecule has 0 amide bonds. The van der Waals surface area contributed by atoms with Crippen molar-refractivity contribution in [2.75, 3.05) is 19.4 Å². The Morgan fingerprint density at radius 3 is 1.92 bits per heavy atom. The van der Waals surface area contributed by atoms with Crippen LogP contribution in [0.4, 0.5) is 0 Å². The second kappa shape index (κ2) is 12.0. The van der Waals surface area contributed by atoms with E-state index in [2.05, 4.69) is 15.9 Å². The first-order valence-corrected chi connectivity index (χ1v) is 11.6. The molecular weight excluding hydrogens is 390 g/mol. The van der Waals surface area contributed by atoms with Gasteiger partial charge < -0.3 is 0 Å². The van der Waals surface area contributed by atoms with Crippen molar-refractivity contribution in [3.63, 3.8) is 0 Å². The van der Waals surface area contributed by atoms with Gasteiger partial charge in [-0.1, -0.05) is 60.9 Å². The Labute approximate surface area is 156 Å². The maximum atomic E-state index is 12.0. The number of rotatable bonds is 14. The molecule has 5 nitrogen and oxygen atoms in total. The standard InChI is InChI=1S/C17H33BrN3O2S/c1-19(2)24(22,23)21-16-15-20(17-21)14-12-10-8-6-4-3-5-7-9-11-13-18/h15-17H,3-14H2,1-2H3/q+1. The van der Waals surface area contributed by atoms with E-state index in [1.165, 1.54) is 66.1 Å². The highest BCUT2D eigenvalue weighted by molar-refractivity contribution is 9.09. The van der Waals surface area contributed by atoms with Crippen LogP contribution >= 0.6 is 15.9 Å². The summed E-state index contributed by atoms with van der Waals surface area (Å²) in [5, 5.41) is 1.13. The lowest BCUT2D eigenvalue weighted by Gasteiger charge is -2.05.